The first-order valence-corrected chi connectivity index (χ1v) is 9.98. The smallest absolute Gasteiger partial charge is 0.226 e. The maximum Gasteiger partial charge on any atom is 0.226 e. The Kier molecular flexibility index (Phi) is 4.96. The molecule has 2 aliphatic heterocycles. The first-order chi connectivity index (χ1) is 12.6. The van der Waals surface area contributed by atoms with Crippen LogP contribution in [0.15, 0.2) is 24.3 Å². The van der Waals surface area contributed by atoms with E-state index < -0.39 is 0 Å². The molecule has 3 aliphatic rings. The molecule has 1 atom stereocenters. The Labute approximate surface area is 154 Å². The number of rotatable bonds is 3. The summed E-state index contributed by atoms with van der Waals surface area (Å²) < 4.78 is 13.2. The summed E-state index contributed by atoms with van der Waals surface area (Å²) in [6.45, 7) is 2.20. The molecule has 4 rings (SSSR count). The summed E-state index contributed by atoms with van der Waals surface area (Å²) in [6, 6.07) is 6.61. The number of halogens is 1. The van der Waals surface area contributed by atoms with Crippen LogP contribution in [0.25, 0.3) is 0 Å². The Bertz CT molecular complexity index is 663. The molecule has 3 fully saturated rings. The Morgan fingerprint density at radius 2 is 1.46 bits per heavy atom. The van der Waals surface area contributed by atoms with Crippen molar-refractivity contribution in [1.82, 2.24) is 9.80 Å². The monoisotopic (exact) mass is 358 g/mol. The van der Waals surface area contributed by atoms with Crippen molar-refractivity contribution in [2.24, 2.45) is 11.8 Å². The maximum absolute atomic E-state index is 13.2. The predicted molar refractivity (Wildman–Crippen MR) is 96.7 cm³/mol. The van der Waals surface area contributed by atoms with Gasteiger partial charge in [0.05, 0.1) is 6.04 Å². The third kappa shape index (κ3) is 3.36. The Morgan fingerprint density at radius 1 is 0.808 bits per heavy atom. The van der Waals surface area contributed by atoms with Gasteiger partial charge in [-0.1, -0.05) is 18.6 Å². The molecule has 2 saturated heterocycles. The molecule has 0 N–H and O–H groups in total. The molecular formula is C21H27FN2O2. The molecule has 0 radical (unpaired) electrons. The van der Waals surface area contributed by atoms with Gasteiger partial charge in [0.25, 0.3) is 0 Å². The summed E-state index contributed by atoms with van der Waals surface area (Å²) in [5.41, 5.74) is 1.02. The molecule has 4 nitrogen and oxygen atoms in total. The van der Waals surface area contributed by atoms with E-state index >= 15 is 0 Å². The fourth-order valence-electron chi connectivity index (χ4n) is 4.56. The molecule has 1 aromatic rings. The quantitative estimate of drug-likeness (QED) is 0.829. The van der Waals surface area contributed by atoms with Gasteiger partial charge in [0, 0.05) is 31.5 Å². The highest BCUT2D eigenvalue weighted by atomic mass is 19.1. The van der Waals surface area contributed by atoms with Crippen LogP contribution in [0.4, 0.5) is 4.39 Å². The number of carbonyl (C=O) groups excluding carboxylic acids is 2. The summed E-state index contributed by atoms with van der Waals surface area (Å²) in [4.78, 5) is 29.4. The zero-order valence-corrected chi connectivity index (χ0v) is 15.2. The fourth-order valence-corrected chi connectivity index (χ4v) is 4.56. The van der Waals surface area contributed by atoms with Crippen molar-refractivity contribution in [2.45, 2.75) is 51.0 Å². The molecule has 140 valence electrons. The van der Waals surface area contributed by atoms with Crippen LogP contribution < -0.4 is 0 Å². The van der Waals surface area contributed by atoms with Gasteiger partial charge < -0.3 is 9.80 Å². The van der Waals surface area contributed by atoms with Crippen molar-refractivity contribution in [3.05, 3.63) is 35.6 Å². The van der Waals surface area contributed by atoms with Crippen LogP contribution in [0.3, 0.4) is 0 Å². The number of amides is 2. The van der Waals surface area contributed by atoms with Crippen molar-refractivity contribution in [3.63, 3.8) is 0 Å². The largest absolute Gasteiger partial charge is 0.342 e. The first-order valence-electron chi connectivity index (χ1n) is 9.98. The van der Waals surface area contributed by atoms with Crippen LogP contribution in [0, 0.1) is 17.7 Å². The Hall–Kier alpha value is -1.91. The van der Waals surface area contributed by atoms with E-state index in [0.29, 0.717) is 19.0 Å². The van der Waals surface area contributed by atoms with Crippen LogP contribution in [0.2, 0.25) is 0 Å². The molecule has 1 aromatic carbocycles. The number of hydrogen-bond acceptors (Lipinski definition) is 2. The molecule has 2 amide bonds. The molecule has 1 saturated carbocycles. The van der Waals surface area contributed by atoms with Crippen LogP contribution in [-0.2, 0) is 9.59 Å². The van der Waals surface area contributed by atoms with E-state index in [1.165, 1.54) is 18.6 Å². The van der Waals surface area contributed by atoms with E-state index in [9.17, 15) is 14.0 Å². The second-order valence-corrected chi connectivity index (χ2v) is 7.97. The van der Waals surface area contributed by atoms with E-state index in [-0.39, 0.29) is 29.6 Å². The molecule has 0 unspecified atom stereocenters. The SMILES string of the molecule is O=C(C1CCC1)N1CCC(C(=O)N2CCC[C@@H]2c2ccc(F)cc2)CC1. The summed E-state index contributed by atoms with van der Waals surface area (Å²) in [7, 11) is 0. The first kappa shape index (κ1) is 17.5. The van der Waals surface area contributed by atoms with Gasteiger partial charge in [-0.05, 0) is 56.2 Å². The molecule has 1 aliphatic carbocycles. The minimum Gasteiger partial charge on any atom is -0.342 e. The standard InChI is InChI=1S/C21H27FN2O2/c22-18-8-6-15(7-9-18)19-5-2-12-24(19)21(26)17-10-13-23(14-11-17)20(25)16-3-1-4-16/h6-9,16-17,19H,1-5,10-14H2/t19-/m1/s1. The zero-order valence-electron chi connectivity index (χ0n) is 15.2. The van der Waals surface area contributed by atoms with Crippen molar-refractivity contribution >= 4 is 11.8 Å². The summed E-state index contributed by atoms with van der Waals surface area (Å²) >= 11 is 0. The Balaban J connectivity index is 1.36. The van der Waals surface area contributed by atoms with E-state index in [1.807, 2.05) is 9.80 Å². The van der Waals surface area contributed by atoms with Gasteiger partial charge in [-0.2, -0.15) is 0 Å². The van der Waals surface area contributed by atoms with Gasteiger partial charge >= 0.3 is 0 Å². The lowest BCUT2D eigenvalue weighted by Gasteiger charge is -2.38. The lowest BCUT2D eigenvalue weighted by atomic mass is 9.83. The summed E-state index contributed by atoms with van der Waals surface area (Å²) in [5.74, 6) is 0.526. The minimum atomic E-state index is -0.242. The number of likely N-dealkylation sites (tertiary alicyclic amines) is 2. The zero-order chi connectivity index (χ0) is 18.1. The maximum atomic E-state index is 13.2. The second kappa shape index (κ2) is 7.37. The molecular weight excluding hydrogens is 331 g/mol. The lowest BCUT2D eigenvalue weighted by Crippen LogP contribution is -2.46. The number of benzene rings is 1. The third-order valence-electron chi connectivity index (χ3n) is 6.40. The summed E-state index contributed by atoms with van der Waals surface area (Å²) in [5, 5.41) is 0. The van der Waals surface area contributed by atoms with Gasteiger partial charge in [0.1, 0.15) is 5.82 Å². The van der Waals surface area contributed by atoms with Gasteiger partial charge in [-0.25, -0.2) is 4.39 Å². The van der Waals surface area contributed by atoms with Gasteiger partial charge in [-0.15, -0.1) is 0 Å². The van der Waals surface area contributed by atoms with Crippen molar-refractivity contribution in [3.8, 4) is 0 Å². The fraction of sp³-hybridized carbons (Fsp3) is 0.619. The lowest BCUT2D eigenvalue weighted by molar-refractivity contribution is -0.144. The minimum absolute atomic E-state index is 0.0153. The van der Waals surface area contributed by atoms with E-state index in [4.69, 9.17) is 0 Å². The highest BCUT2D eigenvalue weighted by Gasteiger charge is 2.37. The third-order valence-corrected chi connectivity index (χ3v) is 6.40. The van der Waals surface area contributed by atoms with Crippen molar-refractivity contribution < 1.29 is 14.0 Å². The van der Waals surface area contributed by atoms with Gasteiger partial charge in [0.2, 0.25) is 11.8 Å². The molecule has 0 bridgehead atoms. The average molecular weight is 358 g/mol. The van der Waals surface area contributed by atoms with Crippen molar-refractivity contribution in [1.29, 1.82) is 0 Å². The number of carbonyl (C=O) groups is 2. The number of hydrogen-bond donors (Lipinski definition) is 0. The topological polar surface area (TPSA) is 40.6 Å². The number of nitrogens with zero attached hydrogens (tertiary/aromatic N) is 2. The van der Waals surface area contributed by atoms with Crippen LogP contribution in [0.5, 0.6) is 0 Å². The van der Waals surface area contributed by atoms with E-state index in [0.717, 1.165) is 50.6 Å². The van der Waals surface area contributed by atoms with Crippen LogP contribution in [0.1, 0.15) is 56.6 Å². The van der Waals surface area contributed by atoms with E-state index in [1.54, 1.807) is 12.1 Å². The van der Waals surface area contributed by atoms with Crippen LogP contribution in [-0.4, -0.2) is 41.2 Å². The highest BCUT2D eigenvalue weighted by molar-refractivity contribution is 5.82. The van der Waals surface area contributed by atoms with Gasteiger partial charge in [-0.3, -0.25) is 9.59 Å². The molecule has 0 aromatic heterocycles. The number of piperidine rings is 1. The Morgan fingerprint density at radius 3 is 2.08 bits per heavy atom. The van der Waals surface area contributed by atoms with Crippen LogP contribution >= 0.6 is 0 Å². The highest BCUT2D eigenvalue weighted by Crippen LogP contribution is 2.35. The summed E-state index contributed by atoms with van der Waals surface area (Å²) in [6.07, 6.45) is 6.71. The average Bonchev–Trinajstić information content (AvgIpc) is 3.10. The van der Waals surface area contributed by atoms with Crippen molar-refractivity contribution in [2.75, 3.05) is 19.6 Å². The van der Waals surface area contributed by atoms with Gasteiger partial charge in [0.15, 0.2) is 0 Å². The molecule has 0 spiro atoms. The molecule has 2 heterocycles. The predicted octanol–water partition coefficient (Wildman–Crippen LogP) is 3.53. The second-order valence-electron chi connectivity index (χ2n) is 7.97. The molecule has 5 heteroatoms. The molecule has 26 heavy (non-hydrogen) atoms. The normalized spacial score (nSPS) is 24.6. The van der Waals surface area contributed by atoms with E-state index in [2.05, 4.69) is 0 Å².